The van der Waals surface area contributed by atoms with Gasteiger partial charge in [-0.3, -0.25) is 0 Å². The molecule has 0 atom stereocenters. The van der Waals surface area contributed by atoms with Gasteiger partial charge < -0.3 is 5.73 Å². The zero-order valence-corrected chi connectivity index (χ0v) is 7.87. The van der Waals surface area contributed by atoms with Crippen LogP contribution < -0.4 is 5.73 Å². The Bertz CT molecular complexity index is 289. The third-order valence-corrected chi connectivity index (χ3v) is 2.39. The molecule has 0 bridgehead atoms. The van der Waals surface area contributed by atoms with E-state index in [1.807, 2.05) is 0 Å². The van der Waals surface area contributed by atoms with Gasteiger partial charge in [0.2, 0.25) is 0 Å². The summed E-state index contributed by atoms with van der Waals surface area (Å²) in [6.07, 6.45) is 0.337. The first-order valence-corrected chi connectivity index (χ1v) is 4.28. The molecule has 0 radical (unpaired) electrons. The first-order chi connectivity index (χ1) is 5.66. The highest BCUT2D eigenvalue weighted by atomic mass is 79.9. The lowest BCUT2D eigenvalue weighted by Gasteiger charge is -2.04. The van der Waals surface area contributed by atoms with E-state index >= 15 is 0 Å². The molecule has 1 aromatic rings. The number of hydrogen-bond acceptors (Lipinski definition) is 1. The zero-order valence-electron chi connectivity index (χ0n) is 6.28. The van der Waals surface area contributed by atoms with E-state index in [0.29, 0.717) is 18.5 Å². The Morgan fingerprint density at radius 2 is 1.83 bits per heavy atom. The third kappa shape index (κ3) is 1.81. The summed E-state index contributed by atoms with van der Waals surface area (Å²) in [5, 5.41) is 0. The fraction of sp³-hybridized carbons (Fsp3) is 0.250. The Labute approximate surface area is 77.7 Å². The van der Waals surface area contributed by atoms with E-state index in [-0.39, 0.29) is 4.47 Å². The predicted molar refractivity (Wildman–Crippen MR) is 46.8 cm³/mol. The second kappa shape index (κ2) is 3.96. The predicted octanol–water partition coefficient (Wildman–Crippen LogP) is 2.23. The van der Waals surface area contributed by atoms with E-state index in [0.717, 1.165) is 12.1 Å². The fourth-order valence-electron chi connectivity index (χ4n) is 0.943. The summed E-state index contributed by atoms with van der Waals surface area (Å²) in [5.41, 5.74) is 5.54. The van der Waals surface area contributed by atoms with E-state index < -0.39 is 11.6 Å². The van der Waals surface area contributed by atoms with Gasteiger partial charge in [-0.2, -0.15) is 0 Å². The van der Waals surface area contributed by atoms with Crippen LogP contribution in [0, 0.1) is 11.6 Å². The van der Waals surface area contributed by atoms with Gasteiger partial charge in [0.1, 0.15) is 11.6 Å². The summed E-state index contributed by atoms with van der Waals surface area (Å²) in [5.74, 6) is -0.881. The summed E-state index contributed by atoms with van der Waals surface area (Å²) in [7, 11) is 0. The quantitative estimate of drug-likeness (QED) is 0.783. The summed E-state index contributed by atoms with van der Waals surface area (Å²) >= 11 is 2.96. The Morgan fingerprint density at radius 3 is 2.42 bits per heavy atom. The van der Waals surface area contributed by atoms with Crippen LogP contribution in [0.4, 0.5) is 8.78 Å². The molecule has 0 aliphatic rings. The van der Waals surface area contributed by atoms with E-state index in [2.05, 4.69) is 15.9 Å². The molecular weight excluding hydrogens is 228 g/mol. The van der Waals surface area contributed by atoms with Gasteiger partial charge in [-0.25, -0.2) is 8.78 Å². The number of halogens is 3. The van der Waals surface area contributed by atoms with Gasteiger partial charge in [-0.15, -0.1) is 0 Å². The van der Waals surface area contributed by atoms with Crippen LogP contribution in [0.15, 0.2) is 16.6 Å². The largest absolute Gasteiger partial charge is 0.330 e. The zero-order chi connectivity index (χ0) is 9.14. The highest BCUT2D eigenvalue weighted by molar-refractivity contribution is 9.10. The molecule has 0 saturated carbocycles. The van der Waals surface area contributed by atoms with Gasteiger partial charge in [0.15, 0.2) is 0 Å². The van der Waals surface area contributed by atoms with Crippen molar-refractivity contribution in [1.29, 1.82) is 0 Å². The number of nitrogens with two attached hydrogens (primary N) is 1. The van der Waals surface area contributed by atoms with Crippen molar-refractivity contribution in [3.8, 4) is 0 Å². The second-order valence-electron chi connectivity index (χ2n) is 2.36. The van der Waals surface area contributed by atoms with Crippen LogP contribution in [0.3, 0.4) is 0 Å². The van der Waals surface area contributed by atoms with E-state index in [1.54, 1.807) is 0 Å². The van der Waals surface area contributed by atoms with E-state index in [1.165, 1.54) is 0 Å². The molecule has 2 N–H and O–H groups in total. The van der Waals surface area contributed by atoms with Crippen molar-refractivity contribution in [2.24, 2.45) is 5.73 Å². The van der Waals surface area contributed by atoms with Crippen LogP contribution in [0.1, 0.15) is 5.56 Å². The third-order valence-electron chi connectivity index (χ3n) is 1.53. The Balaban J connectivity index is 3.14. The van der Waals surface area contributed by atoms with Crippen molar-refractivity contribution in [2.75, 3.05) is 6.54 Å². The number of hydrogen-bond donors (Lipinski definition) is 1. The van der Waals surface area contributed by atoms with Crippen molar-refractivity contribution in [3.63, 3.8) is 0 Å². The molecule has 12 heavy (non-hydrogen) atoms. The van der Waals surface area contributed by atoms with E-state index in [9.17, 15) is 8.78 Å². The molecule has 1 aromatic carbocycles. The van der Waals surface area contributed by atoms with E-state index in [4.69, 9.17) is 5.73 Å². The molecule has 0 saturated heterocycles. The lowest BCUT2D eigenvalue weighted by Crippen LogP contribution is -2.06. The minimum atomic E-state index is -0.458. The average molecular weight is 236 g/mol. The molecular formula is C8H8BrF2N. The Morgan fingerprint density at radius 1 is 1.25 bits per heavy atom. The monoisotopic (exact) mass is 235 g/mol. The van der Waals surface area contributed by atoms with Crippen molar-refractivity contribution < 1.29 is 8.78 Å². The van der Waals surface area contributed by atoms with Crippen molar-refractivity contribution in [2.45, 2.75) is 6.42 Å². The lowest BCUT2D eigenvalue weighted by molar-refractivity contribution is 0.579. The van der Waals surface area contributed by atoms with Gasteiger partial charge in [-0.05, 0) is 41.0 Å². The van der Waals surface area contributed by atoms with Crippen LogP contribution in [-0.2, 0) is 6.42 Å². The summed E-state index contributed by atoms with van der Waals surface area (Å²) < 4.78 is 26.0. The minimum absolute atomic E-state index is 0.174. The summed E-state index contributed by atoms with van der Waals surface area (Å²) in [6.45, 7) is 0.305. The first kappa shape index (κ1) is 9.61. The smallest absolute Gasteiger partial charge is 0.137 e. The summed E-state index contributed by atoms with van der Waals surface area (Å²) in [4.78, 5) is 0. The highest BCUT2D eigenvalue weighted by Gasteiger charge is 2.09. The van der Waals surface area contributed by atoms with Gasteiger partial charge in [0, 0.05) is 5.56 Å². The van der Waals surface area contributed by atoms with Crippen LogP contribution in [0.25, 0.3) is 0 Å². The van der Waals surface area contributed by atoms with Crippen molar-refractivity contribution in [1.82, 2.24) is 0 Å². The maximum atomic E-state index is 13.0. The maximum Gasteiger partial charge on any atom is 0.137 e. The summed E-state index contributed by atoms with van der Waals surface area (Å²) in [6, 6.07) is 2.19. The molecule has 0 aromatic heterocycles. The van der Waals surface area contributed by atoms with Crippen LogP contribution in [0.2, 0.25) is 0 Å². The fourth-order valence-corrected chi connectivity index (χ4v) is 1.46. The molecule has 4 heteroatoms. The molecule has 0 amide bonds. The standard InChI is InChI=1S/C8H8BrF2N/c9-8-5(3-4-12)6(10)1-2-7(8)11/h1-2H,3-4,12H2. The molecule has 0 aliphatic carbocycles. The molecule has 0 aliphatic heterocycles. The highest BCUT2D eigenvalue weighted by Crippen LogP contribution is 2.23. The Hall–Kier alpha value is -0.480. The second-order valence-corrected chi connectivity index (χ2v) is 3.15. The van der Waals surface area contributed by atoms with Gasteiger partial charge >= 0.3 is 0 Å². The maximum absolute atomic E-state index is 13.0. The van der Waals surface area contributed by atoms with Crippen molar-refractivity contribution >= 4 is 15.9 Å². The molecule has 1 nitrogen and oxygen atoms in total. The van der Waals surface area contributed by atoms with Crippen LogP contribution in [-0.4, -0.2) is 6.54 Å². The SMILES string of the molecule is NCCc1c(F)ccc(F)c1Br. The molecule has 0 fully saturated rings. The topological polar surface area (TPSA) is 26.0 Å². The van der Waals surface area contributed by atoms with Gasteiger partial charge in [0.25, 0.3) is 0 Å². The molecule has 1 rings (SSSR count). The van der Waals surface area contributed by atoms with Crippen molar-refractivity contribution in [3.05, 3.63) is 33.8 Å². The van der Waals surface area contributed by atoms with Crippen LogP contribution in [0.5, 0.6) is 0 Å². The molecule has 0 unspecified atom stereocenters. The lowest BCUT2D eigenvalue weighted by atomic mass is 10.1. The minimum Gasteiger partial charge on any atom is -0.330 e. The molecule has 66 valence electrons. The first-order valence-electron chi connectivity index (χ1n) is 3.49. The Kier molecular flexibility index (Phi) is 3.17. The van der Waals surface area contributed by atoms with Gasteiger partial charge in [-0.1, -0.05) is 0 Å². The van der Waals surface area contributed by atoms with Crippen LogP contribution >= 0.6 is 15.9 Å². The van der Waals surface area contributed by atoms with Gasteiger partial charge in [0.05, 0.1) is 4.47 Å². The normalized spacial score (nSPS) is 10.3. The molecule has 0 spiro atoms. The molecule has 0 heterocycles. The average Bonchev–Trinajstić information content (AvgIpc) is 2.06. The number of rotatable bonds is 2. The number of benzene rings is 1.